The number of hydrogen-bond acceptors (Lipinski definition) is 8. The van der Waals surface area contributed by atoms with Crippen molar-refractivity contribution >= 4 is 16.9 Å². The maximum Gasteiger partial charge on any atom is 0.249 e. The van der Waals surface area contributed by atoms with Crippen molar-refractivity contribution < 1.29 is 18.8 Å². The van der Waals surface area contributed by atoms with E-state index in [0.29, 0.717) is 29.8 Å². The molecule has 0 fully saturated rings. The molecule has 152 valence electrons. The van der Waals surface area contributed by atoms with Gasteiger partial charge in [0.05, 0.1) is 12.1 Å². The topological polar surface area (TPSA) is 117 Å². The van der Waals surface area contributed by atoms with E-state index in [2.05, 4.69) is 25.8 Å². The van der Waals surface area contributed by atoms with E-state index in [1.54, 1.807) is 23.7 Å². The summed E-state index contributed by atoms with van der Waals surface area (Å²) in [6, 6.07) is 12.6. The predicted molar refractivity (Wildman–Crippen MR) is 105 cm³/mol. The van der Waals surface area contributed by atoms with Crippen LogP contribution in [-0.4, -0.2) is 37.8 Å². The molecule has 0 spiro atoms. The molecule has 1 N–H and O–H groups in total. The van der Waals surface area contributed by atoms with Crippen LogP contribution < -0.4 is 14.8 Å². The molecule has 10 nitrogen and oxygen atoms in total. The Morgan fingerprint density at radius 1 is 1.20 bits per heavy atom. The molecular weight excluding hydrogens is 388 g/mol. The van der Waals surface area contributed by atoms with Crippen LogP contribution >= 0.6 is 0 Å². The number of nitrogens with zero attached hydrogens (tertiary/aromatic N) is 5. The molecule has 0 saturated heterocycles. The smallest absolute Gasteiger partial charge is 0.249 e. The first kappa shape index (κ1) is 18.1. The second kappa shape index (κ2) is 7.47. The number of fused-ring (bicyclic) bond motifs is 2. The van der Waals surface area contributed by atoms with E-state index in [0.717, 1.165) is 16.6 Å². The maximum absolute atomic E-state index is 12.4. The zero-order valence-electron chi connectivity index (χ0n) is 16.1. The summed E-state index contributed by atoms with van der Waals surface area (Å²) in [6.07, 6.45) is 0.251. The molecule has 4 aromatic rings. The minimum atomic E-state index is -0.430. The highest BCUT2D eigenvalue weighted by molar-refractivity contribution is 5.77. The van der Waals surface area contributed by atoms with Crippen molar-refractivity contribution in [2.75, 3.05) is 6.79 Å². The quantitative estimate of drug-likeness (QED) is 0.519. The minimum absolute atomic E-state index is 0.148. The van der Waals surface area contributed by atoms with Crippen LogP contribution in [0.4, 0.5) is 0 Å². The third-order valence-corrected chi connectivity index (χ3v) is 4.79. The summed E-state index contributed by atoms with van der Waals surface area (Å²) in [4.78, 5) is 16.8. The van der Waals surface area contributed by atoms with Crippen LogP contribution in [0.2, 0.25) is 0 Å². The van der Waals surface area contributed by atoms with Gasteiger partial charge in [-0.1, -0.05) is 22.5 Å². The zero-order valence-corrected chi connectivity index (χ0v) is 16.1. The standard InChI is InChI=1S/C20H18N6O4/c1-12(21-18(27)8-9-26-15-5-3-2-4-14(15)23-25-26)20-22-19(24-30-20)13-6-7-16-17(10-13)29-11-28-16/h2-7,10,12H,8-9,11H2,1H3,(H,21,27)/t12-/m0/s1. The van der Waals surface area contributed by atoms with Gasteiger partial charge in [-0.05, 0) is 37.3 Å². The van der Waals surface area contributed by atoms with Crippen LogP contribution in [0, 0.1) is 0 Å². The zero-order chi connectivity index (χ0) is 20.5. The van der Waals surface area contributed by atoms with Crippen molar-refractivity contribution in [2.24, 2.45) is 0 Å². The summed E-state index contributed by atoms with van der Waals surface area (Å²) in [6.45, 7) is 2.41. The summed E-state index contributed by atoms with van der Waals surface area (Å²) in [5, 5.41) is 15.1. The van der Waals surface area contributed by atoms with Gasteiger partial charge in [0.2, 0.25) is 24.4 Å². The molecule has 2 aromatic heterocycles. The fourth-order valence-electron chi connectivity index (χ4n) is 3.23. The highest BCUT2D eigenvalue weighted by Crippen LogP contribution is 2.35. The van der Waals surface area contributed by atoms with Crippen LogP contribution in [0.25, 0.3) is 22.4 Å². The fourth-order valence-corrected chi connectivity index (χ4v) is 3.23. The molecule has 3 heterocycles. The van der Waals surface area contributed by atoms with E-state index < -0.39 is 6.04 Å². The minimum Gasteiger partial charge on any atom is -0.454 e. The Balaban J connectivity index is 1.21. The average molecular weight is 406 g/mol. The first-order valence-corrected chi connectivity index (χ1v) is 9.48. The summed E-state index contributed by atoms with van der Waals surface area (Å²) in [5.41, 5.74) is 2.43. The molecule has 1 amide bonds. The Morgan fingerprint density at radius 2 is 2.07 bits per heavy atom. The fraction of sp³-hybridized carbons (Fsp3) is 0.250. The van der Waals surface area contributed by atoms with Gasteiger partial charge in [0, 0.05) is 12.0 Å². The van der Waals surface area contributed by atoms with Crippen LogP contribution in [0.1, 0.15) is 25.3 Å². The van der Waals surface area contributed by atoms with Gasteiger partial charge >= 0.3 is 0 Å². The van der Waals surface area contributed by atoms with Gasteiger partial charge in [-0.3, -0.25) is 4.79 Å². The van der Waals surface area contributed by atoms with Gasteiger partial charge in [-0.15, -0.1) is 5.10 Å². The van der Waals surface area contributed by atoms with Crippen LogP contribution in [-0.2, 0) is 11.3 Å². The lowest BCUT2D eigenvalue weighted by atomic mass is 10.2. The molecule has 0 saturated carbocycles. The third kappa shape index (κ3) is 3.43. The van der Waals surface area contributed by atoms with E-state index >= 15 is 0 Å². The number of ether oxygens (including phenoxy) is 2. The van der Waals surface area contributed by atoms with Crippen molar-refractivity contribution in [3.05, 3.63) is 48.4 Å². The van der Waals surface area contributed by atoms with Gasteiger partial charge in [0.25, 0.3) is 0 Å². The number of nitrogens with one attached hydrogen (secondary N) is 1. The lowest BCUT2D eigenvalue weighted by Gasteiger charge is -2.09. The molecular formula is C20H18N6O4. The molecule has 1 aliphatic heterocycles. The Kier molecular flexibility index (Phi) is 4.51. The lowest BCUT2D eigenvalue weighted by molar-refractivity contribution is -0.122. The second-order valence-electron chi connectivity index (χ2n) is 6.86. The summed E-state index contributed by atoms with van der Waals surface area (Å²) < 4.78 is 17.7. The molecule has 0 bridgehead atoms. The average Bonchev–Trinajstić information content (AvgIpc) is 3.51. The van der Waals surface area contributed by atoms with Gasteiger partial charge in [-0.25, -0.2) is 4.68 Å². The molecule has 1 atom stereocenters. The van der Waals surface area contributed by atoms with Crippen molar-refractivity contribution in [3.63, 3.8) is 0 Å². The number of para-hydroxylation sites is 1. The Labute approximate surface area is 170 Å². The highest BCUT2D eigenvalue weighted by atomic mass is 16.7. The second-order valence-corrected chi connectivity index (χ2v) is 6.86. The number of aryl methyl sites for hydroxylation is 1. The SMILES string of the molecule is C[C@H](NC(=O)CCn1nnc2ccccc21)c1nc(-c2ccc3c(c2)OCO3)no1. The maximum atomic E-state index is 12.4. The van der Waals surface area contributed by atoms with Gasteiger partial charge in [0.1, 0.15) is 11.6 Å². The van der Waals surface area contributed by atoms with Crippen molar-refractivity contribution in [2.45, 2.75) is 25.9 Å². The van der Waals surface area contributed by atoms with E-state index in [1.165, 1.54) is 0 Å². The summed E-state index contributed by atoms with van der Waals surface area (Å²) in [7, 11) is 0. The molecule has 2 aromatic carbocycles. The largest absolute Gasteiger partial charge is 0.454 e. The van der Waals surface area contributed by atoms with Crippen molar-refractivity contribution in [1.82, 2.24) is 30.5 Å². The summed E-state index contributed by atoms with van der Waals surface area (Å²) in [5.74, 6) is 1.91. The molecule has 1 aliphatic rings. The van der Waals surface area contributed by atoms with E-state index in [-0.39, 0.29) is 19.1 Å². The number of carbonyl (C=O) groups excluding carboxylic acids is 1. The van der Waals surface area contributed by atoms with Crippen molar-refractivity contribution in [1.29, 1.82) is 0 Å². The lowest BCUT2D eigenvalue weighted by Crippen LogP contribution is -2.27. The molecule has 0 radical (unpaired) electrons. The number of benzene rings is 2. The van der Waals surface area contributed by atoms with Crippen LogP contribution in [0.3, 0.4) is 0 Å². The van der Waals surface area contributed by atoms with Gasteiger partial charge < -0.3 is 19.3 Å². The Bertz CT molecular complexity index is 1220. The first-order valence-electron chi connectivity index (χ1n) is 9.48. The van der Waals surface area contributed by atoms with Gasteiger partial charge in [-0.2, -0.15) is 4.98 Å². The van der Waals surface area contributed by atoms with E-state index in [4.69, 9.17) is 14.0 Å². The molecule has 5 rings (SSSR count). The monoisotopic (exact) mass is 406 g/mol. The van der Waals surface area contributed by atoms with E-state index in [1.807, 2.05) is 30.3 Å². The molecule has 0 unspecified atom stereocenters. The first-order chi connectivity index (χ1) is 14.7. The summed E-state index contributed by atoms with van der Waals surface area (Å²) >= 11 is 0. The molecule has 10 heteroatoms. The third-order valence-electron chi connectivity index (χ3n) is 4.79. The molecule has 30 heavy (non-hydrogen) atoms. The number of rotatable bonds is 6. The van der Waals surface area contributed by atoms with Crippen LogP contribution in [0.15, 0.2) is 47.0 Å². The van der Waals surface area contributed by atoms with Crippen LogP contribution in [0.5, 0.6) is 11.5 Å². The van der Waals surface area contributed by atoms with E-state index in [9.17, 15) is 4.79 Å². The number of aromatic nitrogens is 5. The number of hydrogen-bond donors (Lipinski definition) is 1. The molecule has 0 aliphatic carbocycles. The number of carbonyl (C=O) groups is 1. The van der Waals surface area contributed by atoms with Crippen molar-refractivity contribution in [3.8, 4) is 22.9 Å². The predicted octanol–water partition coefficient (Wildman–Crippen LogP) is 2.48. The Hall–Kier alpha value is -3.95. The Morgan fingerprint density at radius 3 is 3.00 bits per heavy atom. The highest BCUT2D eigenvalue weighted by Gasteiger charge is 2.20. The normalized spacial score (nSPS) is 13.5. The number of amides is 1. The van der Waals surface area contributed by atoms with Gasteiger partial charge in [0.15, 0.2) is 11.5 Å².